The van der Waals surface area contributed by atoms with Crippen LogP contribution in [0.4, 0.5) is 0 Å². The monoisotopic (exact) mass is 360 g/mol. The Morgan fingerprint density at radius 1 is 1.12 bits per heavy atom. The molecular formula is C19H24N2O3S. The number of piperidine rings is 1. The third-order valence-corrected chi connectivity index (χ3v) is 5.79. The topological polar surface area (TPSA) is 72.6 Å². The minimum atomic E-state index is -3.27. The highest BCUT2D eigenvalue weighted by Gasteiger charge is 2.33. The van der Waals surface area contributed by atoms with Gasteiger partial charge in [0.2, 0.25) is 10.0 Å². The summed E-state index contributed by atoms with van der Waals surface area (Å²) in [7, 11) is -3.27. The summed E-state index contributed by atoms with van der Waals surface area (Å²) in [6, 6.07) is 17.7. The van der Waals surface area contributed by atoms with Crippen molar-refractivity contribution in [2.75, 3.05) is 19.3 Å². The average Bonchev–Trinajstić information content (AvgIpc) is 2.61. The molecule has 0 radical (unpaired) electrons. The predicted octanol–water partition coefficient (Wildman–Crippen LogP) is 2.34. The smallest absolute Gasteiger partial charge is 0.211 e. The summed E-state index contributed by atoms with van der Waals surface area (Å²) in [4.78, 5) is 0. The van der Waals surface area contributed by atoms with Crippen LogP contribution in [0, 0.1) is 0 Å². The Balaban J connectivity index is 1.82. The Labute approximate surface area is 149 Å². The van der Waals surface area contributed by atoms with Gasteiger partial charge in [0.1, 0.15) is 11.9 Å². The number of hydrogen-bond acceptors (Lipinski definition) is 4. The van der Waals surface area contributed by atoms with E-state index in [2.05, 4.69) is 0 Å². The molecule has 5 nitrogen and oxygen atoms in total. The molecule has 2 N–H and O–H groups in total. The van der Waals surface area contributed by atoms with E-state index in [0.29, 0.717) is 19.6 Å². The normalized spacial score (nSPS) is 21.8. The molecule has 2 atom stereocenters. The van der Waals surface area contributed by atoms with Crippen LogP contribution in [0.25, 0.3) is 0 Å². The summed E-state index contributed by atoms with van der Waals surface area (Å²) in [6.45, 7) is 1.31. The van der Waals surface area contributed by atoms with Crippen LogP contribution in [0.3, 0.4) is 0 Å². The molecule has 1 aliphatic rings. The van der Waals surface area contributed by atoms with Gasteiger partial charge in [0.25, 0.3) is 0 Å². The lowest BCUT2D eigenvalue weighted by atomic mass is 9.90. The Hall–Kier alpha value is -1.89. The van der Waals surface area contributed by atoms with E-state index in [1.807, 2.05) is 54.6 Å². The van der Waals surface area contributed by atoms with Crippen LogP contribution in [0.1, 0.15) is 23.5 Å². The van der Waals surface area contributed by atoms with E-state index >= 15 is 0 Å². The van der Waals surface area contributed by atoms with E-state index in [1.54, 1.807) is 0 Å². The Kier molecular flexibility index (Phi) is 5.42. The molecule has 1 aliphatic heterocycles. The lowest BCUT2D eigenvalue weighted by molar-refractivity contribution is 0.117. The van der Waals surface area contributed by atoms with Crippen molar-refractivity contribution in [1.29, 1.82) is 0 Å². The molecule has 6 heteroatoms. The highest BCUT2D eigenvalue weighted by Crippen LogP contribution is 2.30. The maximum Gasteiger partial charge on any atom is 0.211 e. The lowest BCUT2D eigenvalue weighted by Crippen LogP contribution is -2.47. The van der Waals surface area contributed by atoms with Gasteiger partial charge in [-0.3, -0.25) is 0 Å². The van der Waals surface area contributed by atoms with Gasteiger partial charge in [-0.25, -0.2) is 8.42 Å². The van der Waals surface area contributed by atoms with Crippen LogP contribution in [0.2, 0.25) is 0 Å². The van der Waals surface area contributed by atoms with Crippen LogP contribution >= 0.6 is 0 Å². The number of benzene rings is 2. The molecule has 2 aromatic carbocycles. The van der Waals surface area contributed by atoms with Crippen molar-refractivity contribution in [1.82, 2.24) is 4.31 Å². The summed E-state index contributed by atoms with van der Waals surface area (Å²) >= 11 is 0. The fourth-order valence-corrected chi connectivity index (χ4v) is 4.16. The van der Waals surface area contributed by atoms with Crippen LogP contribution in [-0.4, -0.2) is 38.2 Å². The minimum Gasteiger partial charge on any atom is -0.489 e. The predicted molar refractivity (Wildman–Crippen MR) is 99.0 cm³/mol. The van der Waals surface area contributed by atoms with Crippen molar-refractivity contribution in [2.45, 2.75) is 25.0 Å². The summed E-state index contributed by atoms with van der Waals surface area (Å²) in [5.41, 5.74) is 7.82. The van der Waals surface area contributed by atoms with Crippen molar-refractivity contribution in [3.63, 3.8) is 0 Å². The van der Waals surface area contributed by atoms with E-state index in [-0.39, 0.29) is 12.0 Å². The first-order valence-electron chi connectivity index (χ1n) is 8.41. The summed E-state index contributed by atoms with van der Waals surface area (Å²) < 4.78 is 31.9. The number of hydrogen-bond donors (Lipinski definition) is 1. The Morgan fingerprint density at radius 2 is 1.88 bits per heavy atom. The summed E-state index contributed by atoms with van der Waals surface area (Å²) in [6.07, 6.45) is 1.84. The van der Waals surface area contributed by atoms with Gasteiger partial charge in [-0.15, -0.1) is 0 Å². The Bertz CT molecular complexity index is 808. The number of sulfonamides is 1. The second-order valence-electron chi connectivity index (χ2n) is 6.51. The first-order valence-corrected chi connectivity index (χ1v) is 10.3. The number of rotatable bonds is 5. The Morgan fingerprint density at radius 3 is 2.56 bits per heavy atom. The third-order valence-electron chi connectivity index (χ3n) is 4.56. The zero-order valence-electron chi connectivity index (χ0n) is 14.3. The fraction of sp³-hybridized carbons (Fsp3) is 0.368. The van der Waals surface area contributed by atoms with Gasteiger partial charge in [0.15, 0.2) is 0 Å². The highest BCUT2D eigenvalue weighted by atomic mass is 32.2. The molecule has 2 aromatic rings. The van der Waals surface area contributed by atoms with Gasteiger partial charge < -0.3 is 10.5 Å². The molecule has 1 heterocycles. The van der Waals surface area contributed by atoms with Crippen molar-refractivity contribution >= 4 is 10.0 Å². The maximum absolute atomic E-state index is 12.1. The highest BCUT2D eigenvalue weighted by molar-refractivity contribution is 7.88. The summed E-state index contributed by atoms with van der Waals surface area (Å²) in [5, 5.41) is 0. The van der Waals surface area contributed by atoms with Crippen LogP contribution in [0.5, 0.6) is 5.75 Å². The third kappa shape index (κ3) is 4.60. The molecule has 0 amide bonds. The molecule has 134 valence electrons. The molecule has 3 rings (SSSR count). The standard InChI is InChI=1S/C19H24N2O3S/c1-25(22,23)21-13-17(16-7-3-2-4-8-16)11-19(14-21)24-18-9-5-6-15(10-18)12-20/h2-10,17,19H,11-14,20H2,1H3/t17-,19+/m0/s1. The zero-order chi connectivity index (χ0) is 17.9. The SMILES string of the molecule is CS(=O)(=O)N1C[C@H](Oc2cccc(CN)c2)C[C@H](c2ccccc2)C1. The van der Waals surface area contributed by atoms with E-state index < -0.39 is 10.0 Å². The molecule has 1 fully saturated rings. The van der Waals surface area contributed by atoms with E-state index in [1.165, 1.54) is 10.6 Å². The summed E-state index contributed by atoms with van der Waals surface area (Å²) in [5.74, 6) is 0.850. The molecule has 0 spiro atoms. The van der Waals surface area contributed by atoms with E-state index in [9.17, 15) is 8.42 Å². The molecule has 0 bridgehead atoms. The van der Waals surface area contributed by atoms with E-state index in [4.69, 9.17) is 10.5 Å². The van der Waals surface area contributed by atoms with Gasteiger partial charge in [-0.05, 0) is 29.7 Å². The zero-order valence-corrected chi connectivity index (χ0v) is 15.2. The fourth-order valence-electron chi connectivity index (χ4n) is 3.27. The second kappa shape index (κ2) is 7.56. The largest absolute Gasteiger partial charge is 0.489 e. The molecule has 0 unspecified atom stereocenters. The number of nitrogens with two attached hydrogens (primary N) is 1. The van der Waals surface area contributed by atoms with Gasteiger partial charge >= 0.3 is 0 Å². The van der Waals surface area contributed by atoms with Crippen LogP contribution < -0.4 is 10.5 Å². The van der Waals surface area contributed by atoms with E-state index in [0.717, 1.165) is 23.3 Å². The average molecular weight is 360 g/mol. The van der Waals surface area contributed by atoms with Gasteiger partial charge in [0.05, 0.1) is 12.8 Å². The number of ether oxygens (including phenoxy) is 1. The van der Waals surface area contributed by atoms with Crippen molar-refractivity contribution in [3.05, 3.63) is 65.7 Å². The molecular weight excluding hydrogens is 336 g/mol. The second-order valence-corrected chi connectivity index (χ2v) is 8.50. The first kappa shape index (κ1) is 17.9. The van der Waals surface area contributed by atoms with Crippen LogP contribution in [-0.2, 0) is 16.6 Å². The molecule has 25 heavy (non-hydrogen) atoms. The molecule has 0 aromatic heterocycles. The molecule has 0 saturated carbocycles. The quantitative estimate of drug-likeness (QED) is 0.888. The molecule has 1 saturated heterocycles. The van der Waals surface area contributed by atoms with Crippen molar-refractivity contribution < 1.29 is 13.2 Å². The number of nitrogens with zero attached hydrogens (tertiary/aromatic N) is 1. The first-order chi connectivity index (χ1) is 12.0. The minimum absolute atomic E-state index is 0.118. The van der Waals surface area contributed by atoms with Crippen LogP contribution in [0.15, 0.2) is 54.6 Å². The van der Waals surface area contributed by atoms with Gasteiger partial charge in [-0.2, -0.15) is 4.31 Å². The van der Waals surface area contributed by atoms with Crippen molar-refractivity contribution in [2.24, 2.45) is 5.73 Å². The van der Waals surface area contributed by atoms with Gasteiger partial charge in [0, 0.05) is 19.0 Å². The van der Waals surface area contributed by atoms with Crippen molar-refractivity contribution in [3.8, 4) is 5.75 Å². The molecule has 0 aliphatic carbocycles. The van der Waals surface area contributed by atoms with Gasteiger partial charge in [-0.1, -0.05) is 42.5 Å². The maximum atomic E-state index is 12.1. The lowest BCUT2D eigenvalue weighted by Gasteiger charge is -2.36.